The number of hydroxylamine groups is 1. The summed E-state index contributed by atoms with van der Waals surface area (Å²) in [7, 11) is -1.18. The molecule has 0 aliphatic heterocycles. The average molecular weight is 419 g/mol. The van der Waals surface area contributed by atoms with Gasteiger partial charge < -0.3 is 5.32 Å². The summed E-state index contributed by atoms with van der Waals surface area (Å²) in [5, 5.41) is 11.4. The van der Waals surface area contributed by atoms with Crippen LogP contribution in [-0.2, 0) is 10.8 Å². The number of nitrogens with one attached hydrogen (secondary N) is 2. The van der Waals surface area contributed by atoms with Gasteiger partial charge in [-0.1, -0.05) is 0 Å². The Hall–Kier alpha value is -1.84. The Labute approximate surface area is 147 Å². The third-order valence-electron chi connectivity index (χ3n) is 3.30. The first-order chi connectivity index (χ1) is 11.3. The van der Waals surface area contributed by atoms with Crippen molar-refractivity contribution in [2.75, 3.05) is 11.6 Å². The fourth-order valence-electron chi connectivity index (χ4n) is 2.05. The van der Waals surface area contributed by atoms with Crippen LogP contribution in [0.2, 0.25) is 0 Å². The summed E-state index contributed by atoms with van der Waals surface area (Å²) < 4.78 is 39.3. The highest BCUT2D eigenvalue weighted by molar-refractivity contribution is 9.10. The molecule has 0 radical (unpaired) electrons. The van der Waals surface area contributed by atoms with Gasteiger partial charge in [-0.15, -0.1) is 0 Å². The summed E-state index contributed by atoms with van der Waals surface area (Å²) in [5.74, 6) is -3.44. The maximum atomic E-state index is 14.3. The Kier molecular flexibility index (Phi) is 5.68. The lowest BCUT2D eigenvalue weighted by Gasteiger charge is -2.15. The van der Waals surface area contributed by atoms with E-state index < -0.39 is 34.0 Å². The Morgan fingerprint density at radius 3 is 2.46 bits per heavy atom. The Bertz CT molecular complexity index is 846. The molecule has 5 nitrogen and oxygen atoms in total. The molecule has 0 aliphatic rings. The molecule has 0 spiro atoms. The Morgan fingerprint density at radius 1 is 1.25 bits per heavy atom. The zero-order chi connectivity index (χ0) is 18.0. The number of benzene rings is 2. The highest BCUT2D eigenvalue weighted by atomic mass is 79.9. The molecule has 1 unspecified atom stereocenters. The summed E-state index contributed by atoms with van der Waals surface area (Å²) in [5.41, 5.74) is 1.71. The molecule has 0 heterocycles. The van der Waals surface area contributed by atoms with Crippen molar-refractivity contribution in [1.82, 2.24) is 5.48 Å². The van der Waals surface area contributed by atoms with Crippen molar-refractivity contribution >= 4 is 44.0 Å². The number of carbonyl (C=O) groups is 1. The van der Waals surface area contributed by atoms with Crippen molar-refractivity contribution in [2.24, 2.45) is 0 Å². The second-order valence-corrected chi connectivity index (χ2v) is 7.14. The molecule has 0 fully saturated rings. The van der Waals surface area contributed by atoms with Crippen LogP contribution in [0.5, 0.6) is 0 Å². The van der Waals surface area contributed by atoms with Crippen LogP contribution >= 0.6 is 15.9 Å². The van der Waals surface area contributed by atoms with E-state index in [1.54, 1.807) is 25.1 Å². The Balaban J connectivity index is 2.55. The summed E-state index contributed by atoms with van der Waals surface area (Å²) in [4.78, 5) is 12.3. The molecule has 0 aromatic heterocycles. The SMILES string of the molecule is Cc1cc(S(C)=O)ccc1Nc1c(C(=O)NO)cc(Br)c(F)c1F. The van der Waals surface area contributed by atoms with Gasteiger partial charge in [-0.3, -0.25) is 14.2 Å². The minimum atomic E-state index is -1.27. The molecule has 2 rings (SSSR count). The van der Waals surface area contributed by atoms with Crippen LogP contribution < -0.4 is 10.8 Å². The minimum absolute atomic E-state index is 0.252. The largest absolute Gasteiger partial charge is 0.352 e. The van der Waals surface area contributed by atoms with E-state index in [2.05, 4.69) is 21.2 Å². The highest BCUT2D eigenvalue weighted by Crippen LogP contribution is 2.32. The maximum Gasteiger partial charge on any atom is 0.276 e. The van der Waals surface area contributed by atoms with Gasteiger partial charge in [-0.05, 0) is 52.7 Å². The molecular weight excluding hydrogens is 406 g/mol. The predicted molar refractivity (Wildman–Crippen MR) is 90.1 cm³/mol. The van der Waals surface area contributed by atoms with Gasteiger partial charge in [0.15, 0.2) is 11.6 Å². The molecule has 0 bridgehead atoms. The van der Waals surface area contributed by atoms with Crippen LogP contribution in [0.1, 0.15) is 15.9 Å². The number of aryl methyl sites for hydroxylation is 1. The van der Waals surface area contributed by atoms with E-state index in [4.69, 9.17) is 5.21 Å². The van der Waals surface area contributed by atoms with Gasteiger partial charge in [0.25, 0.3) is 5.91 Å². The molecule has 24 heavy (non-hydrogen) atoms. The number of anilines is 2. The molecular formula is C15H13BrF2N2O3S. The van der Waals surface area contributed by atoms with E-state index in [9.17, 15) is 17.8 Å². The van der Waals surface area contributed by atoms with E-state index in [0.29, 0.717) is 16.1 Å². The van der Waals surface area contributed by atoms with Crippen LogP contribution in [0.3, 0.4) is 0 Å². The number of hydrogen-bond donors (Lipinski definition) is 3. The highest BCUT2D eigenvalue weighted by Gasteiger charge is 2.22. The van der Waals surface area contributed by atoms with E-state index in [1.165, 1.54) is 11.7 Å². The predicted octanol–water partition coefficient (Wildman–Crippen LogP) is 3.64. The van der Waals surface area contributed by atoms with Crippen LogP contribution in [-0.4, -0.2) is 21.6 Å². The molecule has 0 saturated heterocycles. The fraction of sp³-hybridized carbons (Fsp3) is 0.133. The van der Waals surface area contributed by atoms with E-state index in [-0.39, 0.29) is 10.0 Å². The van der Waals surface area contributed by atoms with Crippen LogP contribution in [0.4, 0.5) is 20.2 Å². The van der Waals surface area contributed by atoms with Crippen molar-refractivity contribution in [3.63, 3.8) is 0 Å². The van der Waals surface area contributed by atoms with Crippen LogP contribution in [0, 0.1) is 18.6 Å². The first kappa shape index (κ1) is 18.5. The normalized spacial score (nSPS) is 11.9. The number of amides is 1. The number of rotatable bonds is 4. The molecule has 2 aromatic rings. The van der Waals surface area contributed by atoms with Gasteiger partial charge in [-0.2, -0.15) is 0 Å². The summed E-state index contributed by atoms with van der Waals surface area (Å²) in [6, 6.07) is 5.81. The third-order valence-corrected chi connectivity index (χ3v) is 4.79. The monoisotopic (exact) mass is 418 g/mol. The first-order valence-electron chi connectivity index (χ1n) is 6.59. The quantitative estimate of drug-likeness (QED) is 0.402. The van der Waals surface area contributed by atoms with E-state index in [0.717, 1.165) is 6.07 Å². The lowest BCUT2D eigenvalue weighted by atomic mass is 10.1. The second kappa shape index (κ2) is 7.37. The molecule has 0 saturated carbocycles. The van der Waals surface area contributed by atoms with Gasteiger partial charge in [0.05, 0.1) is 15.7 Å². The van der Waals surface area contributed by atoms with Gasteiger partial charge >= 0.3 is 0 Å². The molecule has 128 valence electrons. The topological polar surface area (TPSA) is 78.4 Å². The molecule has 2 aromatic carbocycles. The standard InChI is InChI=1S/C15H13BrF2N2O3S/c1-7-5-8(24(2)23)3-4-11(7)19-14-9(15(21)20-22)6-10(16)12(17)13(14)18/h3-6,19,22H,1-2H3,(H,20,21). The summed E-state index contributed by atoms with van der Waals surface area (Å²) in [6.07, 6.45) is 1.52. The maximum absolute atomic E-state index is 14.3. The van der Waals surface area contributed by atoms with Crippen molar-refractivity contribution in [1.29, 1.82) is 0 Å². The number of halogens is 3. The fourth-order valence-corrected chi connectivity index (χ4v) is 3.05. The van der Waals surface area contributed by atoms with Crippen molar-refractivity contribution in [3.05, 3.63) is 51.5 Å². The number of hydrogen-bond acceptors (Lipinski definition) is 4. The smallest absolute Gasteiger partial charge is 0.276 e. The molecule has 1 amide bonds. The lowest BCUT2D eigenvalue weighted by Crippen LogP contribution is -2.21. The Morgan fingerprint density at radius 2 is 1.92 bits per heavy atom. The zero-order valence-electron chi connectivity index (χ0n) is 12.6. The van der Waals surface area contributed by atoms with Gasteiger partial charge in [0.2, 0.25) is 0 Å². The van der Waals surface area contributed by atoms with Crippen molar-refractivity contribution < 1.29 is 23.0 Å². The molecule has 0 aliphatic carbocycles. The van der Waals surface area contributed by atoms with Crippen molar-refractivity contribution in [3.8, 4) is 0 Å². The summed E-state index contributed by atoms with van der Waals surface area (Å²) >= 11 is 2.82. The van der Waals surface area contributed by atoms with Gasteiger partial charge in [-0.25, -0.2) is 14.3 Å². The molecule has 9 heteroatoms. The van der Waals surface area contributed by atoms with Crippen LogP contribution in [0.25, 0.3) is 0 Å². The minimum Gasteiger partial charge on any atom is -0.352 e. The van der Waals surface area contributed by atoms with Gasteiger partial charge in [0, 0.05) is 27.6 Å². The van der Waals surface area contributed by atoms with Crippen LogP contribution in [0.15, 0.2) is 33.6 Å². The van der Waals surface area contributed by atoms with E-state index >= 15 is 0 Å². The van der Waals surface area contributed by atoms with Gasteiger partial charge in [0.1, 0.15) is 0 Å². The van der Waals surface area contributed by atoms with E-state index in [1.807, 2.05) is 0 Å². The third kappa shape index (κ3) is 3.63. The molecule has 3 N–H and O–H groups in total. The lowest BCUT2D eigenvalue weighted by molar-refractivity contribution is 0.0706. The first-order valence-corrected chi connectivity index (χ1v) is 8.94. The average Bonchev–Trinajstić information content (AvgIpc) is 2.55. The zero-order valence-corrected chi connectivity index (χ0v) is 15.0. The second-order valence-electron chi connectivity index (χ2n) is 4.91. The molecule has 1 atom stereocenters. The van der Waals surface area contributed by atoms with Crippen molar-refractivity contribution in [2.45, 2.75) is 11.8 Å². The summed E-state index contributed by atoms with van der Waals surface area (Å²) in [6.45, 7) is 1.69. The number of carbonyl (C=O) groups excluding carboxylic acids is 1.